The van der Waals surface area contributed by atoms with Crippen molar-refractivity contribution in [1.29, 1.82) is 0 Å². The Kier molecular flexibility index (Phi) is 8.95. The van der Waals surface area contributed by atoms with Gasteiger partial charge in [-0.2, -0.15) is 0 Å². The molecule has 0 spiro atoms. The van der Waals surface area contributed by atoms with Gasteiger partial charge in [0.15, 0.2) is 0 Å². The fourth-order valence-electron chi connectivity index (χ4n) is 4.62. The summed E-state index contributed by atoms with van der Waals surface area (Å²) in [6.07, 6.45) is 0.393. The van der Waals surface area contributed by atoms with Crippen molar-refractivity contribution in [2.75, 3.05) is 33.3 Å². The third-order valence-electron chi connectivity index (χ3n) is 6.46. The number of hydrogen-bond donors (Lipinski definition) is 1. The molecule has 5 rings (SSSR count). The third-order valence-corrected chi connectivity index (χ3v) is 6.46. The molecule has 0 bridgehead atoms. The SMILES string of the molecule is COc1ccc2c(n1)c(C(=O)N1CCNCC1)c(Cc1cccc(F)c1C)n2-c1ccccc1.Cl.Cl. The van der Waals surface area contributed by atoms with Crippen LogP contribution in [0.25, 0.3) is 16.7 Å². The number of ether oxygens (including phenoxy) is 1. The molecule has 0 saturated carbocycles. The molecule has 1 N–H and O–H groups in total. The molecule has 1 aliphatic heterocycles. The van der Waals surface area contributed by atoms with Crippen molar-refractivity contribution in [3.05, 3.63) is 88.9 Å². The Labute approximate surface area is 222 Å². The van der Waals surface area contributed by atoms with Gasteiger partial charge in [0, 0.05) is 50.0 Å². The van der Waals surface area contributed by atoms with E-state index < -0.39 is 0 Å². The summed E-state index contributed by atoms with van der Waals surface area (Å²) in [5.74, 6) is 0.126. The van der Waals surface area contributed by atoms with Crippen molar-refractivity contribution in [3.8, 4) is 11.6 Å². The van der Waals surface area contributed by atoms with Gasteiger partial charge < -0.3 is 19.5 Å². The molecule has 1 fully saturated rings. The van der Waals surface area contributed by atoms with Crippen LogP contribution in [-0.4, -0.2) is 53.6 Å². The number of amides is 1. The number of hydrogen-bond acceptors (Lipinski definition) is 4. The van der Waals surface area contributed by atoms with E-state index in [1.807, 2.05) is 47.4 Å². The number of nitrogens with one attached hydrogen (secondary N) is 1. The summed E-state index contributed by atoms with van der Waals surface area (Å²) in [7, 11) is 1.57. The number of rotatable bonds is 5. The van der Waals surface area contributed by atoms with Crippen molar-refractivity contribution in [2.45, 2.75) is 13.3 Å². The Morgan fingerprint density at radius 1 is 1.03 bits per heavy atom. The van der Waals surface area contributed by atoms with Gasteiger partial charge in [0.2, 0.25) is 5.88 Å². The second-order valence-electron chi connectivity index (χ2n) is 8.46. The lowest BCUT2D eigenvalue weighted by atomic mass is 10.0. The van der Waals surface area contributed by atoms with Crippen LogP contribution in [0.15, 0.2) is 60.7 Å². The van der Waals surface area contributed by atoms with Gasteiger partial charge in [0.25, 0.3) is 5.91 Å². The number of pyridine rings is 1. The number of carbonyl (C=O) groups excluding carboxylic acids is 1. The molecular formula is C27H29Cl2FN4O2. The minimum absolute atomic E-state index is 0. The molecule has 1 aliphatic rings. The first-order valence-corrected chi connectivity index (χ1v) is 11.5. The van der Waals surface area contributed by atoms with E-state index in [0.29, 0.717) is 42.0 Å². The molecule has 1 saturated heterocycles. The van der Waals surface area contributed by atoms with Crippen LogP contribution in [-0.2, 0) is 6.42 Å². The second kappa shape index (κ2) is 11.7. The number of fused-ring (bicyclic) bond motifs is 1. The van der Waals surface area contributed by atoms with Gasteiger partial charge in [-0.15, -0.1) is 24.8 Å². The average molecular weight is 531 g/mol. The first kappa shape index (κ1) is 27.5. The molecule has 2 aromatic carbocycles. The third kappa shape index (κ3) is 5.05. The van der Waals surface area contributed by atoms with E-state index in [2.05, 4.69) is 9.88 Å². The molecule has 1 amide bonds. The van der Waals surface area contributed by atoms with Crippen molar-refractivity contribution in [3.63, 3.8) is 0 Å². The van der Waals surface area contributed by atoms with Crippen LogP contribution in [0, 0.1) is 12.7 Å². The first-order valence-electron chi connectivity index (χ1n) is 11.5. The Morgan fingerprint density at radius 2 is 1.75 bits per heavy atom. The Hall–Kier alpha value is -3.13. The van der Waals surface area contributed by atoms with Crippen LogP contribution < -0.4 is 10.1 Å². The van der Waals surface area contributed by atoms with Crippen LogP contribution >= 0.6 is 24.8 Å². The zero-order valence-corrected chi connectivity index (χ0v) is 21.8. The van der Waals surface area contributed by atoms with E-state index in [1.165, 1.54) is 6.07 Å². The lowest BCUT2D eigenvalue weighted by Gasteiger charge is -2.27. The number of methoxy groups -OCH3 is 1. The number of para-hydroxylation sites is 1. The minimum atomic E-state index is -0.255. The average Bonchev–Trinajstić information content (AvgIpc) is 3.20. The molecule has 4 aromatic rings. The van der Waals surface area contributed by atoms with Gasteiger partial charge in [-0.05, 0) is 42.3 Å². The van der Waals surface area contributed by atoms with Gasteiger partial charge in [0.05, 0.1) is 18.2 Å². The Bertz CT molecular complexity index is 1360. The highest BCUT2D eigenvalue weighted by atomic mass is 35.5. The zero-order chi connectivity index (χ0) is 23.7. The number of carbonyl (C=O) groups is 1. The fraction of sp³-hybridized carbons (Fsp3) is 0.259. The number of halogens is 3. The molecule has 0 aliphatic carbocycles. The first-order chi connectivity index (χ1) is 16.6. The molecule has 0 atom stereocenters. The maximum atomic E-state index is 14.4. The van der Waals surface area contributed by atoms with Crippen LogP contribution in [0.5, 0.6) is 5.88 Å². The summed E-state index contributed by atoms with van der Waals surface area (Å²) in [6.45, 7) is 4.52. The van der Waals surface area contributed by atoms with E-state index in [4.69, 9.17) is 9.72 Å². The van der Waals surface area contributed by atoms with Gasteiger partial charge in [-0.3, -0.25) is 4.79 Å². The van der Waals surface area contributed by atoms with Crippen LogP contribution in [0.3, 0.4) is 0 Å². The lowest BCUT2D eigenvalue weighted by Crippen LogP contribution is -2.46. The number of piperazine rings is 1. The quantitative estimate of drug-likeness (QED) is 0.396. The lowest BCUT2D eigenvalue weighted by molar-refractivity contribution is 0.0736. The predicted octanol–water partition coefficient (Wildman–Crippen LogP) is 4.96. The highest BCUT2D eigenvalue weighted by Crippen LogP contribution is 2.33. The topological polar surface area (TPSA) is 59.4 Å². The van der Waals surface area contributed by atoms with Gasteiger partial charge in [-0.25, -0.2) is 9.37 Å². The second-order valence-corrected chi connectivity index (χ2v) is 8.46. The van der Waals surface area contributed by atoms with Crippen LogP contribution in [0.4, 0.5) is 4.39 Å². The fourth-order valence-corrected chi connectivity index (χ4v) is 4.62. The Morgan fingerprint density at radius 3 is 2.44 bits per heavy atom. The molecular weight excluding hydrogens is 502 g/mol. The van der Waals surface area contributed by atoms with Gasteiger partial charge in [0.1, 0.15) is 11.3 Å². The molecule has 190 valence electrons. The molecule has 0 radical (unpaired) electrons. The number of benzene rings is 2. The smallest absolute Gasteiger partial charge is 0.258 e. The summed E-state index contributed by atoms with van der Waals surface area (Å²) in [5.41, 5.74) is 5.08. The summed E-state index contributed by atoms with van der Waals surface area (Å²) in [5, 5.41) is 3.30. The normalized spacial score (nSPS) is 13.1. The van der Waals surface area contributed by atoms with E-state index in [0.717, 1.165) is 35.6 Å². The maximum Gasteiger partial charge on any atom is 0.258 e. The predicted molar refractivity (Wildman–Crippen MR) is 145 cm³/mol. The molecule has 3 heterocycles. The van der Waals surface area contributed by atoms with Crippen molar-refractivity contribution >= 4 is 41.8 Å². The van der Waals surface area contributed by atoms with E-state index in [-0.39, 0.29) is 36.5 Å². The summed E-state index contributed by atoms with van der Waals surface area (Å²) in [6, 6.07) is 18.7. The van der Waals surface area contributed by atoms with Gasteiger partial charge >= 0.3 is 0 Å². The molecule has 2 aromatic heterocycles. The number of nitrogens with zero attached hydrogens (tertiary/aromatic N) is 3. The van der Waals surface area contributed by atoms with Crippen molar-refractivity contribution < 1.29 is 13.9 Å². The monoisotopic (exact) mass is 530 g/mol. The zero-order valence-electron chi connectivity index (χ0n) is 20.2. The largest absolute Gasteiger partial charge is 0.481 e. The molecule has 0 unspecified atom stereocenters. The highest BCUT2D eigenvalue weighted by Gasteiger charge is 2.29. The highest BCUT2D eigenvalue weighted by molar-refractivity contribution is 6.08. The standard InChI is InChI=1S/C27H27FN4O2.2ClH/c1-18-19(7-6-10-21(18)28)17-23-25(27(33)31-15-13-29-14-16-31)26-22(11-12-24(30-26)34-2)32(23)20-8-4-3-5-9-20;;/h3-12,29H,13-17H2,1-2H3;2*1H. The van der Waals surface area contributed by atoms with Gasteiger partial charge in [-0.1, -0.05) is 30.3 Å². The maximum absolute atomic E-state index is 14.4. The molecule has 36 heavy (non-hydrogen) atoms. The van der Waals surface area contributed by atoms with E-state index >= 15 is 0 Å². The van der Waals surface area contributed by atoms with Crippen molar-refractivity contribution in [1.82, 2.24) is 19.8 Å². The molecule has 6 nitrogen and oxygen atoms in total. The van der Waals surface area contributed by atoms with E-state index in [1.54, 1.807) is 26.2 Å². The van der Waals surface area contributed by atoms with Crippen LogP contribution in [0.1, 0.15) is 27.2 Å². The Balaban J connectivity index is 0.00000180. The summed E-state index contributed by atoms with van der Waals surface area (Å²) in [4.78, 5) is 20.5. The summed E-state index contributed by atoms with van der Waals surface area (Å²) >= 11 is 0. The van der Waals surface area contributed by atoms with E-state index in [9.17, 15) is 9.18 Å². The minimum Gasteiger partial charge on any atom is -0.481 e. The molecule has 9 heteroatoms. The van der Waals surface area contributed by atoms with Crippen molar-refractivity contribution in [2.24, 2.45) is 0 Å². The van der Waals surface area contributed by atoms with Crippen LogP contribution in [0.2, 0.25) is 0 Å². The summed E-state index contributed by atoms with van der Waals surface area (Å²) < 4.78 is 21.9. The number of aromatic nitrogens is 2.